The summed E-state index contributed by atoms with van der Waals surface area (Å²) in [4.78, 5) is 31.6. The number of hydrogen-bond donors (Lipinski definition) is 1. The van der Waals surface area contributed by atoms with Crippen molar-refractivity contribution in [3.05, 3.63) is 83.9 Å². The fourth-order valence-corrected chi connectivity index (χ4v) is 2.15. The summed E-state index contributed by atoms with van der Waals surface area (Å²) in [5.74, 6) is 0.114. The van der Waals surface area contributed by atoms with Crippen molar-refractivity contribution in [2.24, 2.45) is 5.10 Å². The third-order valence-corrected chi connectivity index (χ3v) is 3.59. The largest absolute Gasteiger partial charge is 0.497 e. The Morgan fingerprint density at radius 2 is 1.71 bits per heavy atom. The molecule has 1 aromatic heterocycles. The van der Waals surface area contributed by atoms with Crippen LogP contribution in [0, 0.1) is 0 Å². The van der Waals surface area contributed by atoms with Crippen LogP contribution in [0.25, 0.3) is 0 Å². The Morgan fingerprint density at radius 1 is 1.00 bits per heavy atom. The van der Waals surface area contributed by atoms with Gasteiger partial charge in [-0.25, -0.2) is 15.2 Å². The number of benzene rings is 2. The zero-order valence-electron chi connectivity index (χ0n) is 14.9. The fraction of sp³-hybridized carbons (Fsp3) is 0.0500. The number of carbonyl (C=O) groups is 2. The third-order valence-electron chi connectivity index (χ3n) is 3.59. The van der Waals surface area contributed by atoms with Crippen molar-refractivity contribution in [3.8, 4) is 11.5 Å². The van der Waals surface area contributed by atoms with Crippen molar-refractivity contribution in [3.63, 3.8) is 0 Å². The van der Waals surface area contributed by atoms with Crippen molar-refractivity contribution < 1.29 is 19.1 Å². The average molecular weight is 376 g/mol. The number of hydrogen-bond acceptors (Lipinski definition) is 7. The lowest BCUT2D eigenvalue weighted by atomic mass is 10.2. The zero-order chi connectivity index (χ0) is 19.8. The molecule has 3 rings (SSSR count). The molecule has 0 aliphatic heterocycles. The Balaban J connectivity index is 1.55. The number of carbonyl (C=O) groups excluding carboxylic acids is 2. The van der Waals surface area contributed by atoms with Gasteiger partial charge in [-0.2, -0.15) is 5.10 Å². The quantitative estimate of drug-likeness (QED) is 0.307. The van der Waals surface area contributed by atoms with Crippen LogP contribution in [0.4, 0.5) is 0 Å². The second-order valence-corrected chi connectivity index (χ2v) is 5.48. The molecule has 0 atom stereocenters. The molecule has 28 heavy (non-hydrogen) atoms. The molecule has 0 aliphatic rings. The standard InChI is InChI=1S/C20H16N4O4/c1-27-16-8-4-15(5-9-16)20(26)28-17-6-2-14(3-7-17)12-23-24-19(25)18-13-21-10-11-22-18/h2-13H,1H3,(H,24,25)/b23-12+. The van der Waals surface area contributed by atoms with E-state index >= 15 is 0 Å². The second-order valence-electron chi connectivity index (χ2n) is 5.48. The van der Waals surface area contributed by atoms with Crippen molar-refractivity contribution in [1.29, 1.82) is 0 Å². The average Bonchev–Trinajstić information content (AvgIpc) is 2.75. The van der Waals surface area contributed by atoms with Gasteiger partial charge in [0.25, 0.3) is 5.91 Å². The summed E-state index contributed by atoms with van der Waals surface area (Å²) in [5.41, 5.74) is 3.65. The number of amides is 1. The molecule has 8 heteroatoms. The summed E-state index contributed by atoms with van der Waals surface area (Å²) >= 11 is 0. The van der Waals surface area contributed by atoms with Crippen LogP contribution in [-0.2, 0) is 0 Å². The molecule has 8 nitrogen and oxygen atoms in total. The molecule has 3 aromatic rings. The minimum Gasteiger partial charge on any atom is -0.497 e. The molecule has 1 amide bonds. The number of ether oxygens (including phenoxy) is 2. The minimum atomic E-state index is -0.472. The summed E-state index contributed by atoms with van der Waals surface area (Å²) in [7, 11) is 1.55. The minimum absolute atomic E-state index is 0.167. The Kier molecular flexibility index (Phi) is 6.04. The summed E-state index contributed by atoms with van der Waals surface area (Å²) in [5, 5.41) is 3.86. The highest BCUT2D eigenvalue weighted by Gasteiger charge is 2.09. The van der Waals surface area contributed by atoms with E-state index in [1.807, 2.05) is 0 Å². The van der Waals surface area contributed by atoms with Crippen LogP contribution < -0.4 is 14.9 Å². The van der Waals surface area contributed by atoms with Gasteiger partial charge in [0.05, 0.1) is 25.1 Å². The molecule has 2 aromatic carbocycles. The number of nitrogens with zero attached hydrogens (tertiary/aromatic N) is 3. The summed E-state index contributed by atoms with van der Waals surface area (Å²) in [6, 6.07) is 13.3. The number of hydrazone groups is 1. The van der Waals surface area contributed by atoms with Crippen LogP contribution in [0.3, 0.4) is 0 Å². The van der Waals surface area contributed by atoms with E-state index in [1.165, 1.54) is 24.8 Å². The van der Waals surface area contributed by atoms with E-state index in [9.17, 15) is 9.59 Å². The molecule has 0 saturated carbocycles. The summed E-state index contributed by atoms with van der Waals surface area (Å²) in [6.07, 6.45) is 5.70. The Morgan fingerprint density at radius 3 is 2.36 bits per heavy atom. The van der Waals surface area contributed by atoms with Crippen molar-refractivity contribution >= 4 is 18.1 Å². The highest BCUT2D eigenvalue weighted by atomic mass is 16.5. The smallest absolute Gasteiger partial charge is 0.343 e. The number of rotatable bonds is 6. The molecule has 0 bridgehead atoms. The van der Waals surface area contributed by atoms with Gasteiger partial charge in [-0.15, -0.1) is 0 Å². The highest BCUT2D eigenvalue weighted by Crippen LogP contribution is 2.16. The molecule has 0 spiro atoms. The normalized spacial score (nSPS) is 10.5. The molecule has 1 N–H and O–H groups in total. The maximum absolute atomic E-state index is 12.1. The maximum Gasteiger partial charge on any atom is 0.343 e. The van der Waals surface area contributed by atoms with Crippen LogP contribution in [0.1, 0.15) is 26.4 Å². The van der Waals surface area contributed by atoms with Gasteiger partial charge in [-0.3, -0.25) is 9.78 Å². The molecule has 0 saturated heterocycles. The van der Waals surface area contributed by atoms with Gasteiger partial charge in [0.2, 0.25) is 0 Å². The first-order valence-electron chi connectivity index (χ1n) is 8.21. The first-order chi connectivity index (χ1) is 13.7. The Bertz CT molecular complexity index is 971. The third kappa shape index (κ3) is 4.98. The lowest BCUT2D eigenvalue weighted by Crippen LogP contribution is -2.19. The second kappa shape index (κ2) is 9.04. The van der Waals surface area contributed by atoms with Gasteiger partial charge >= 0.3 is 5.97 Å². The molecule has 0 unspecified atom stereocenters. The van der Waals surface area contributed by atoms with Gasteiger partial charge in [0, 0.05) is 12.4 Å². The zero-order valence-corrected chi connectivity index (χ0v) is 14.9. The highest BCUT2D eigenvalue weighted by molar-refractivity contribution is 5.93. The van der Waals surface area contributed by atoms with E-state index in [1.54, 1.807) is 55.6 Å². The first kappa shape index (κ1) is 18.7. The Labute approximate surface area is 160 Å². The summed E-state index contributed by atoms with van der Waals surface area (Å²) in [6.45, 7) is 0. The van der Waals surface area contributed by atoms with E-state index in [-0.39, 0.29) is 5.69 Å². The predicted molar refractivity (Wildman–Crippen MR) is 101 cm³/mol. The number of methoxy groups -OCH3 is 1. The topological polar surface area (TPSA) is 103 Å². The molecule has 0 aliphatic carbocycles. The van der Waals surface area contributed by atoms with Gasteiger partial charge < -0.3 is 9.47 Å². The number of nitrogens with one attached hydrogen (secondary N) is 1. The number of aromatic nitrogens is 2. The van der Waals surface area contributed by atoms with Crippen molar-refractivity contribution in [1.82, 2.24) is 15.4 Å². The van der Waals surface area contributed by atoms with E-state index in [0.717, 1.165) is 0 Å². The summed E-state index contributed by atoms with van der Waals surface area (Å²) < 4.78 is 10.4. The lowest BCUT2D eigenvalue weighted by molar-refractivity contribution is 0.0734. The lowest BCUT2D eigenvalue weighted by Gasteiger charge is -2.05. The van der Waals surface area contributed by atoms with E-state index in [2.05, 4.69) is 20.5 Å². The van der Waals surface area contributed by atoms with E-state index < -0.39 is 11.9 Å². The van der Waals surface area contributed by atoms with Gasteiger partial charge in [0.15, 0.2) is 0 Å². The molecule has 140 valence electrons. The van der Waals surface area contributed by atoms with Gasteiger partial charge in [-0.1, -0.05) is 0 Å². The molecule has 0 radical (unpaired) electrons. The Hall–Kier alpha value is -4.07. The van der Waals surface area contributed by atoms with Crippen LogP contribution in [0.15, 0.2) is 72.2 Å². The van der Waals surface area contributed by atoms with E-state index in [4.69, 9.17) is 9.47 Å². The van der Waals surface area contributed by atoms with Crippen molar-refractivity contribution in [2.45, 2.75) is 0 Å². The fourth-order valence-electron chi connectivity index (χ4n) is 2.15. The number of esters is 1. The van der Waals surface area contributed by atoms with Crippen LogP contribution >= 0.6 is 0 Å². The molecular weight excluding hydrogens is 360 g/mol. The SMILES string of the molecule is COc1ccc(C(=O)Oc2ccc(/C=N/NC(=O)c3cnccn3)cc2)cc1. The molecule has 1 heterocycles. The molecule has 0 fully saturated rings. The van der Waals surface area contributed by atoms with Crippen LogP contribution in [0.5, 0.6) is 11.5 Å². The van der Waals surface area contributed by atoms with Crippen LogP contribution in [-0.4, -0.2) is 35.2 Å². The van der Waals surface area contributed by atoms with Crippen molar-refractivity contribution in [2.75, 3.05) is 7.11 Å². The van der Waals surface area contributed by atoms with Gasteiger partial charge in [-0.05, 0) is 54.1 Å². The van der Waals surface area contributed by atoms with Gasteiger partial charge in [0.1, 0.15) is 17.2 Å². The predicted octanol–water partition coefficient (Wildman–Crippen LogP) is 2.47. The molecular formula is C20H16N4O4. The maximum atomic E-state index is 12.1. The first-order valence-corrected chi connectivity index (χ1v) is 8.21. The van der Waals surface area contributed by atoms with Crippen LogP contribution in [0.2, 0.25) is 0 Å². The monoisotopic (exact) mass is 376 g/mol. The van der Waals surface area contributed by atoms with E-state index in [0.29, 0.717) is 22.6 Å².